The lowest BCUT2D eigenvalue weighted by molar-refractivity contribution is -0.193. The van der Waals surface area contributed by atoms with E-state index in [1.807, 2.05) is 13.8 Å². The molecule has 1 heterocycles. The van der Waals surface area contributed by atoms with Gasteiger partial charge in [-0.3, -0.25) is 9.59 Å². The molecule has 43 heavy (non-hydrogen) atoms. The minimum atomic E-state index is -1.28. The van der Waals surface area contributed by atoms with Crippen LogP contribution in [0.2, 0.25) is 0 Å². The lowest BCUT2D eigenvalue weighted by Crippen LogP contribution is -2.59. The van der Waals surface area contributed by atoms with Crippen LogP contribution in [0.4, 0.5) is 0 Å². The second-order valence-electron chi connectivity index (χ2n) is 13.5. The highest BCUT2D eigenvalue weighted by molar-refractivity contribution is 6.67. The number of amides is 1. The van der Waals surface area contributed by atoms with E-state index in [0.29, 0.717) is 29.6 Å². The van der Waals surface area contributed by atoms with Crippen molar-refractivity contribution < 1.29 is 39.1 Å². The monoisotopic (exact) mass is 596 g/mol. The van der Waals surface area contributed by atoms with Gasteiger partial charge in [0.2, 0.25) is 5.91 Å². The molecule has 234 valence electrons. The van der Waals surface area contributed by atoms with Crippen LogP contribution in [0.1, 0.15) is 79.2 Å². The van der Waals surface area contributed by atoms with Crippen molar-refractivity contribution in [3.63, 3.8) is 0 Å². The number of nitrogens with zero attached hydrogens (tertiary/aromatic N) is 2. The van der Waals surface area contributed by atoms with Gasteiger partial charge in [0.1, 0.15) is 18.0 Å². The zero-order valence-electron chi connectivity index (χ0n) is 26.1. The summed E-state index contributed by atoms with van der Waals surface area (Å²) in [5, 5.41) is 37.0. The molecule has 0 unspecified atom stereocenters. The summed E-state index contributed by atoms with van der Waals surface area (Å²) < 4.78 is 12.0. The molecule has 1 aromatic carbocycles. The van der Waals surface area contributed by atoms with E-state index in [4.69, 9.17) is 9.47 Å². The van der Waals surface area contributed by atoms with Gasteiger partial charge in [-0.15, -0.1) is 6.58 Å². The first kappa shape index (κ1) is 32.9. The lowest BCUT2D eigenvalue weighted by atomic mass is 9.47. The first-order chi connectivity index (χ1) is 20.1. The normalized spacial score (nSPS) is 34.3. The Bertz CT molecular complexity index is 1300. The number of aliphatic hydroxyl groups excluding tert-OH is 2. The Hall–Kier alpha value is -3.02. The third-order valence-corrected chi connectivity index (χ3v) is 10.8. The first-order valence-electron chi connectivity index (χ1n) is 15.0. The molecular weight excluding hydrogens is 551 g/mol. The van der Waals surface area contributed by atoms with Gasteiger partial charge in [-0.1, -0.05) is 39.8 Å². The number of hydrogen-bond acceptors (Lipinski definition) is 9. The van der Waals surface area contributed by atoms with Crippen LogP contribution in [0.3, 0.4) is 0 Å². The molecule has 8 atom stereocenters. The molecule has 1 amide bonds. The molecule has 0 radical (unpaired) electrons. The van der Waals surface area contributed by atoms with Crippen LogP contribution < -0.4 is 10.2 Å². The van der Waals surface area contributed by atoms with E-state index in [1.54, 1.807) is 24.3 Å². The van der Waals surface area contributed by atoms with Gasteiger partial charge in [0.25, 0.3) is 0 Å². The molecule has 0 saturated heterocycles. The van der Waals surface area contributed by atoms with Crippen LogP contribution in [-0.2, 0) is 19.1 Å². The predicted molar refractivity (Wildman–Crippen MR) is 162 cm³/mol. The van der Waals surface area contributed by atoms with E-state index in [-0.39, 0.29) is 24.0 Å². The third kappa shape index (κ3) is 6.17. The van der Waals surface area contributed by atoms with Crippen molar-refractivity contribution >= 4 is 36.4 Å². The largest absolute Gasteiger partial charge is 0.482 e. The molecule has 2 bridgehead atoms. The van der Waals surface area contributed by atoms with Gasteiger partial charge in [-0.25, -0.2) is 9.71 Å². The fourth-order valence-corrected chi connectivity index (χ4v) is 7.49. The molecule has 0 spiro atoms. The average Bonchev–Trinajstić information content (AvgIpc) is 2.96. The average molecular weight is 597 g/mol. The number of aliphatic hydroxyl groups is 2. The molecule has 1 aliphatic heterocycles. The SMILES string of the molecule is C=C[C@]1(C)C[C@@H](OC(=O)COc2ccc3c(c2)B(O)N(C(C)=O)N=C3)[C@@]2(C)C[C@](C[C@H](O)C(C)=O)(CC[C@H]2C)[C@@H](C)[C@@H]1O. The fourth-order valence-electron chi connectivity index (χ4n) is 7.49. The Kier molecular flexibility index (Phi) is 9.31. The van der Waals surface area contributed by atoms with Crippen molar-refractivity contribution in [2.75, 3.05) is 6.61 Å². The molecule has 2 aliphatic carbocycles. The summed E-state index contributed by atoms with van der Waals surface area (Å²) in [6.45, 7) is 14.5. The van der Waals surface area contributed by atoms with Gasteiger partial charge in [-0.2, -0.15) is 5.10 Å². The molecule has 11 heteroatoms. The maximum atomic E-state index is 13.3. The van der Waals surface area contributed by atoms with Gasteiger partial charge >= 0.3 is 13.0 Å². The summed E-state index contributed by atoms with van der Waals surface area (Å²) in [6.07, 6.45) is 3.33. The number of Topliss-reactive ketones (excluding diaryl/α,β-unsaturated/α-hetero) is 1. The molecule has 3 N–H and O–H groups in total. The van der Waals surface area contributed by atoms with E-state index < -0.39 is 60.1 Å². The van der Waals surface area contributed by atoms with E-state index in [0.717, 1.165) is 17.8 Å². The van der Waals surface area contributed by atoms with Crippen molar-refractivity contribution in [1.82, 2.24) is 4.92 Å². The summed E-state index contributed by atoms with van der Waals surface area (Å²) >= 11 is 0. The Balaban J connectivity index is 1.58. The van der Waals surface area contributed by atoms with Crippen LogP contribution in [0, 0.1) is 28.1 Å². The maximum Gasteiger partial charge on any atom is 0.474 e. The zero-order chi connectivity index (χ0) is 31.9. The van der Waals surface area contributed by atoms with E-state index in [2.05, 4.69) is 25.5 Å². The van der Waals surface area contributed by atoms with E-state index >= 15 is 0 Å². The Morgan fingerprint density at radius 1 is 1.26 bits per heavy atom. The van der Waals surface area contributed by atoms with Crippen molar-refractivity contribution in [3.8, 4) is 5.75 Å². The molecule has 0 aromatic heterocycles. The number of hydrazone groups is 1. The first-order valence-corrected chi connectivity index (χ1v) is 15.0. The van der Waals surface area contributed by atoms with Gasteiger partial charge < -0.3 is 24.7 Å². The number of benzene rings is 1. The van der Waals surface area contributed by atoms with E-state index in [1.165, 1.54) is 20.1 Å². The number of fused-ring (bicyclic) bond motifs is 3. The number of ketones is 1. The summed E-state index contributed by atoms with van der Waals surface area (Å²) in [6, 6.07) is 4.90. The summed E-state index contributed by atoms with van der Waals surface area (Å²) in [5.41, 5.74) is -0.792. The second-order valence-corrected chi connectivity index (χ2v) is 13.5. The molecule has 2 fully saturated rings. The summed E-state index contributed by atoms with van der Waals surface area (Å²) in [5.74, 6) is -1.06. The number of hydrogen-bond donors (Lipinski definition) is 3. The third-order valence-electron chi connectivity index (χ3n) is 10.8. The highest BCUT2D eigenvalue weighted by Crippen LogP contribution is 2.62. The molecule has 1 aromatic rings. The van der Waals surface area contributed by atoms with Crippen molar-refractivity contribution in [3.05, 3.63) is 36.4 Å². The van der Waals surface area contributed by atoms with Crippen molar-refractivity contribution in [2.45, 2.75) is 92.0 Å². The van der Waals surface area contributed by atoms with Gasteiger partial charge in [0.05, 0.1) is 12.3 Å². The van der Waals surface area contributed by atoms with Crippen molar-refractivity contribution in [2.24, 2.45) is 33.2 Å². The number of carbonyl (C=O) groups is 3. The molecule has 4 rings (SSSR count). The number of ether oxygens (including phenoxy) is 2. The van der Waals surface area contributed by atoms with Gasteiger partial charge in [-0.05, 0) is 79.4 Å². The number of rotatable bonds is 8. The Morgan fingerprint density at radius 2 is 1.95 bits per heavy atom. The minimum absolute atomic E-state index is 0.165. The van der Waals surface area contributed by atoms with Crippen LogP contribution in [0.5, 0.6) is 5.75 Å². The van der Waals surface area contributed by atoms with Crippen LogP contribution in [-0.4, -0.2) is 76.0 Å². The van der Waals surface area contributed by atoms with Crippen LogP contribution >= 0.6 is 0 Å². The van der Waals surface area contributed by atoms with Gasteiger partial charge in [0, 0.05) is 17.8 Å². The quantitative estimate of drug-likeness (QED) is 0.236. The number of esters is 1. The van der Waals surface area contributed by atoms with Crippen LogP contribution in [0.15, 0.2) is 36.0 Å². The molecule has 3 aliphatic rings. The highest BCUT2D eigenvalue weighted by atomic mass is 16.6. The second kappa shape index (κ2) is 12.2. The smallest absolute Gasteiger partial charge is 0.474 e. The minimum Gasteiger partial charge on any atom is -0.482 e. The molecule has 10 nitrogen and oxygen atoms in total. The summed E-state index contributed by atoms with van der Waals surface area (Å²) in [4.78, 5) is 38.2. The Morgan fingerprint density at radius 3 is 2.58 bits per heavy atom. The molecule has 2 saturated carbocycles. The standard InChI is InChI=1S/C32H45BN2O8/c1-8-30(6)15-27(31(7)18-32(12-11-19(31)2,20(3)29(30)40)14-26(38)21(4)36)43-28(39)17-42-24-10-9-23-16-34-35(22(5)37)33(41)25(23)13-24/h8-10,13,16,19-20,26-27,29,38,40-41H,1,11-12,14-15,17-18H2,2-7H3/t19-,20+,26+,27-,29+,30-,31+,32-/m1/s1. The topological polar surface area (TPSA) is 146 Å². The maximum absolute atomic E-state index is 13.3. The summed E-state index contributed by atoms with van der Waals surface area (Å²) in [7, 11) is -1.28. The predicted octanol–water partition coefficient (Wildman–Crippen LogP) is 2.61. The van der Waals surface area contributed by atoms with Gasteiger partial charge in [0.15, 0.2) is 12.4 Å². The van der Waals surface area contributed by atoms with Crippen molar-refractivity contribution in [1.29, 1.82) is 0 Å². The van der Waals surface area contributed by atoms with Crippen LogP contribution in [0.25, 0.3) is 0 Å². The molecular formula is C32H45BN2O8. The fraction of sp³-hybridized carbons (Fsp3) is 0.625. The van der Waals surface area contributed by atoms with E-state index in [9.17, 15) is 29.6 Å². The highest BCUT2D eigenvalue weighted by Gasteiger charge is 2.59. The number of carbonyl (C=O) groups excluding carboxylic acids is 3. The zero-order valence-corrected chi connectivity index (χ0v) is 26.1. The Labute approximate surface area is 254 Å². The lowest BCUT2D eigenvalue weighted by Gasteiger charge is -2.60.